The van der Waals surface area contributed by atoms with Crippen LogP contribution in [-0.4, -0.2) is 20.0 Å². The van der Waals surface area contributed by atoms with Gasteiger partial charge < -0.3 is 5.32 Å². The molecule has 2 heterocycles. The van der Waals surface area contributed by atoms with Gasteiger partial charge >= 0.3 is 0 Å². The molecule has 0 saturated carbocycles. The second-order valence-corrected chi connectivity index (χ2v) is 5.54. The summed E-state index contributed by atoms with van der Waals surface area (Å²) in [6.07, 6.45) is 3.78. The molecule has 0 atom stereocenters. The van der Waals surface area contributed by atoms with Crippen molar-refractivity contribution < 1.29 is 0 Å². The first-order valence-corrected chi connectivity index (χ1v) is 7.49. The number of nitrogens with zero attached hydrogens (tertiary/aromatic N) is 3. The fourth-order valence-corrected chi connectivity index (χ4v) is 2.51. The van der Waals surface area contributed by atoms with Crippen molar-refractivity contribution in [2.75, 3.05) is 0 Å². The van der Waals surface area contributed by atoms with Crippen molar-refractivity contribution >= 4 is 0 Å². The summed E-state index contributed by atoms with van der Waals surface area (Å²) < 4.78 is 1.93. The second kappa shape index (κ2) is 6.58. The van der Waals surface area contributed by atoms with Gasteiger partial charge in [0.1, 0.15) is 0 Å². The standard InChI is InChI=1S/C17H21N5/c1-13-17(14(2)21-20-13)11-18-10-15-4-6-16(7-5-15)12-22-9-3-8-19-22/h3-9,18H,10-12H2,1-2H3,(H,20,21). The highest BCUT2D eigenvalue weighted by molar-refractivity contribution is 5.24. The van der Waals surface area contributed by atoms with Crippen LogP contribution >= 0.6 is 0 Å². The normalized spacial score (nSPS) is 11.0. The fraction of sp³-hybridized carbons (Fsp3) is 0.294. The molecule has 2 N–H and O–H groups in total. The molecule has 1 aromatic carbocycles. The summed E-state index contributed by atoms with van der Waals surface area (Å²) in [4.78, 5) is 0. The fourth-order valence-electron chi connectivity index (χ4n) is 2.51. The SMILES string of the molecule is Cc1n[nH]c(C)c1CNCc1ccc(Cn2cccn2)cc1. The number of H-pyrrole nitrogens is 1. The largest absolute Gasteiger partial charge is 0.308 e. The van der Waals surface area contributed by atoms with Crippen LogP contribution in [0, 0.1) is 13.8 Å². The molecule has 114 valence electrons. The maximum absolute atomic E-state index is 4.22. The summed E-state index contributed by atoms with van der Waals surface area (Å²) in [6, 6.07) is 10.6. The van der Waals surface area contributed by atoms with Crippen molar-refractivity contribution in [1.82, 2.24) is 25.3 Å². The lowest BCUT2D eigenvalue weighted by atomic mass is 10.1. The van der Waals surface area contributed by atoms with Crippen molar-refractivity contribution in [3.8, 4) is 0 Å². The summed E-state index contributed by atoms with van der Waals surface area (Å²) in [5, 5.41) is 14.9. The molecule has 0 fully saturated rings. The van der Waals surface area contributed by atoms with E-state index in [0.717, 1.165) is 31.0 Å². The Hall–Kier alpha value is -2.40. The number of nitrogens with one attached hydrogen (secondary N) is 2. The van der Waals surface area contributed by atoms with Gasteiger partial charge in [0, 0.05) is 36.7 Å². The molecule has 0 unspecified atom stereocenters. The Morgan fingerprint density at radius 1 is 1.09 bits per heavy atom. The van der Waals surface area contributed by atoms with Crippen LogP contribution in [0.15, 0.2) is 42.7 Å². The van der Waals surface area contributed by atoms with Crippen molar-refractivity contribution in [1.29, 1.82) is 0 Å². The van der Waals surface area contributed by atoms with E-state index in [1.165, 1.54) is 16.7 Å². The Morgan fingerprint density at radius 2 is 1.86 bits per heavy atom. The molecule has 0 saturated heterocycles. The number of aromatic amines is 1. The first kappa shape index (κ1) is 14.5. The van der Waals surface area contributed by atoms with E-state index in [1.54, 1.807) is 6.20 Å². The highest BCUT2D eigenvalue weighted by Gasteiger charge is 2.05. The van der Waals surface area contributed by atoms with Gasteiger partial charge in [0.15, 0.2) is 0 Å². The Kier molecular flexibility index (Phi) is 4.34. The predicted octanol–water partition coefficient (Wildman–Crippen LogP) is 2.56. The molecule has 5 heteroatoms. The van der Waals surface area contributed by atoms with E-state index < -0.39 is 0 Å². The smallest absolute Gasteiger partial charge is 0.0659 e. The number of aryl methyl sites for hydroxylation is 2. The van der Waals surface area contributed by atoms with Crippen LogP contribution in [0.4, 0.5) is 0 Å². The Bertz CT molecular complexity index is 691. The molecule has 5 nitrogen and oxygen atoms in total. The summed E-state index contributed by atoms with van der Waals surface area (Å²) in [5.74, 6) is 0. The highest BCUT2D eigenvalue weighted by Crippen LogP contribution is 2.10. The zero-order chi connectivity index (χ0) is 15.4. The molecular weight excluding hydrogens is 274 g/mol. The molecule has 0 aliphatic rings. The van der Waals surface area contributed by atoms with Gasteiger partial charge in [0.25, 0.3) is 0 Å². The zero-order valence-electron chi connectivity index (χ0n) is 13.0. The molecule has 0 aliphatic carbocycles. The maximum atomic E-state index is 4.22. The van der Waals surface area contributed by atoms with Crippen molar-refractivity contribution in [2.24, 2.45) is 0 Å². The van der Waals surface area contributed by atoms with E-state index in [4.69, 9.17) is 0 Å². The molecule has 22 heavy (non-hydrogen) atoms. The van der Waals surface area contributed by atoms with E-state index >= 15 is 0 Å². The summed E-state index contributed by atoms with van der Waals surface area (Å²) in [5.41, 5.74) is 6.01. The monoisotopic (exact) mass is 295 g/mol. The molecule has 0 amide bonds. The van der Waals surface area contributed by atoms with Gasteiger partial charge in [-0.1, -0.05) is 24.3 Å². The summed E-state index contributed by atoms with van der Waals surface area (Å²) in [7, 11) is 0. The lowest BCUT2D eigenvalue weighted by Gasteiger charge is -2.07. The van der Waals surface area contributed by atoms with Crippen LogP contribution < -0.4 is 5.32 Å². The number of aromatic nitrogens is 4. The third kappa shape index (κ3) is 3.43. The van der Waals surface area contributed by atoms with Gasteiger partial charge in [-0.25, -0.2) is 0 Å². The van der Waals surface area contributed by atoms with Gasteiger partial charge in [0.2, 0.25) is 0 Å². The summed E-state index contributed by atoms with van der Waals surface area (Å²) >= 11 is 0. The van der Waals surface area contributed by atoms with E-state index in [2.05, 4.69) is 51.8 Å². The molecule has 0 bridgehead atoms. The summed E-state index contributed by atoms with van der Waals surface area (Å²) in [6.45, 7) is 6.59. The van der Waals surface area contributed by atoms with Crippen molar-refractivity contribution in [2.45, 2.75) is 33.5 Å². The van der Waals surface area contributed by atoms with Crippen molar-refractivity contribution in [3.63, 3.8) is 0 Å². The minimum absolute atomic E-state index is 0.814. The first-order chi connectivity index (χ1) is 10.7. The molecule has 0 aliphatic heterocycles. The quantitative estimate of drug-likeness (QED) is 0.735. The third-order valence-corrected chi connectivity index (χ3v) is 3.84. The lowest BCUT2D eigenvalue weighted by molar-refractivity contribution is 0.680. The molecule has 0 radical (unpaired) electrons. The Balaban J connectivity index is 1.53. The maximum Gasteiger partial charge on any atom is 0.0659 e. The van der Waals surface area contributed by atoms with Gasteiger partial charge in [-0.15, -0.1) is 0 Å². The van der Waals surface area contributed by atoms with Gasteiger partial charge in [-0.2, -0.15) is 10.2 Å². The van der Waals surface area contributed by atoms with Crippen LogP contribution in [0.2, 0.25) is 0 Å². The van der Waals surface area contributed by atoms with Crippen LogP contribution in [0.5, 0.6) is 0 Å². The second-order valence-electron chi connectivity index (χ2n) is 5.54. The minimum atomic E-state index is 0.814. The van der Waals surface area contributed by atoms with Crippen LogP contribution in [0.3, 0.4) is 0 Å². The van der Waals surface area contributed by atoms with Crippen LogP contribution in [-0.2, 0) is 19.6 Å². The van der Waals surface area contributed by atoms with Crippen LogP contribution in [0.25, 0.3) is 0 Å². The molecule has 3 aromatic rings. The highest BCUT2D eigenvalue weighted by atomic mass is 15.3. The first-order valence-electron chi connectivity index (χ1n) is 7.49. The van der Waals surface area contributed by atoms with Crippen molar-refractivity contribution in [3.05, 3.63) is 70.8 Å². The lowest BCUT2D eigenvalue weighted by Crippen LogP contribution is -2.13. The number of hydrogen-bond donors (Lipinski definition) is 2. The topological polar surface area (TPSA) is 58.5 Å². The van der Waals surface area contributed by atoms with E-state index in [0.29, 0.717) is 0 Å². The molecule has 0 spiro atoms. The predicted molar refractivity (Wildman–Crippen MR) is 86.4 cm³/mol. The molecule has 2 aromatic heterocycles. The Morgan fingerprint density at radius 3 is 2.50 bits per heavy atom. The number of benzene rings is 1. The number of hydrogen-bond acceptors (Lipinski definition) is 3. The average molecular weight is 295 g/mol. The zero-order valence-corrected chi connectivity index (χ0v) is 13.0. The van der Waals surface area contributed by atoms with Gasteiger partial charge in [-0.3, -0.25) is 9.78 Å². The third-order valence-electron chi connectivity index (χ3n) is 3.84. The number of rotatable bonds is 6. The molecular formula is C17H21N5. The minimum Gasteiger partial charge on any atom is -0.308 e. The van der Waals surface area contributed by atoms with Gasteiger partial charge in [0.05, 0.1) is 12.2 Å². The Labute approximate surface area is 130 Å². The van der Waals surface area contributed by atoms with Gasteiger partial charge in [-0.05, 0) is 31.0 Å². The van der Waals surface area contributed by atoms with E-state index in [-0.39, 0.29) is 0 Å². The van der Waals surface area contributed by atoms with E-state index in [1.807, 2.05) is 23.9 Å². The molecule has 3 rings (SSSR count). The van der Waals surface area contributed by atoms with E-state index in [9.17, 15) is 0 Å². The van der Waals surface area contributed by atoms with Crippen LogP contribution in [0.1, 0.15) is 28.1 Å². The average Bonchev–Trinajstić information content (AvgIpc) is 3.13.